The van der Waals surface area contributed by atoms with Crippen LogP contribution in [0.3, 0.4) is 0 Å². The molecule has 0 spiro atoms. The van der Waals surface area contributed by atoms with Gasteiger partial charge in [0, 0.05) is 17.3 Å². The van der Waals surface area contributed by atoms with E-state index in [1.807, 2.05) is 6.07 Å². The summed E-state index contributed by atoms with van der Waals surface area (Å²) >= 11 is 5.69. The van der Waals surface area contributed by atoms with Crippen molar-refractivity contribution in [3.05, 3.63) is 68.7 Å². The molecule has 21 heavy (non-hydrogen) atoms. The summed E-state index contributed by atoms with van der Waals surface area (Å²) in [6.07, 6.45) is 0. The van der Waals surface area contributed by atoms with Gasteiger partial charge in [0.05, 0.1) is 16.6 Å². The highest BCUT2D eigenvalue weighted by Crippen LogP contribution is 2.27. The molecule has 7 heteroatoms. The fourth-order valence-corrected chi connectivity index (χ4v) is 1.82. The highest BCUT2D eigenvalue weighted by molar-refractivity contribution is 6.32. The number of nitrogens with zero attached hydrogens (tertiary/aromatic N) is 2. The fraction of sp³-hybridized carbons (Fsp3) is 0. The minimum atomic E-state index is -0.625. The van der Waals surface area contributed by atoms with Crippen molar-refractivity contribution in [3.8, 4) is 6.07 Å². The van der Waals surface area contributed by atoms with Crippen molar-refractivity contribution in [2.45, 2.75) is 0 Å². The fourth-order valence-electron chi connectivity index (χ4n) is 1.63. The van der Waals surface area contributed by atoms with Crippen molar-refractivity contribution in [2.75, 3.05) is 5.32 Å². The van der Waals surface area contributed by atoms with Gasteiger partial charge in [-0.05, 0) is 36.4 Å². The molecule has 1 N–H and O–H groups in total. The van der Waals surface area contributed by atoms with E-state index >= 15 is 0 Å². The maximum Gasteiger partial charge on any atom is 0.289 e. The Morgan fingerprint density at radius 2 is 1.90 bits per heavy atom. The summed E-state index contributed by atoms with van der Waals surface area (Å²) in [6, 6.07) is 12.0. The molecule has 0 heterocycles. The molecule has 2 rings (SSSR count). The molecule has 0 bridgehead atoms. The lowest BCUT2D eigenvalue weighted by molar-refractivity contribution is -0.384. The molecule has 1 amide bonds. The zero-order valence-corrected chi connectivity index (χ0v) is 11.3. The first-order chi connectivity index (χ1) is 10.0. The van der Waals surface area contributed by atoms with E-state index in [2.05, 4.69) is 5.32 Å². The van der Waals surface area contributed by atoms with Crippen LogP contribution in [0, 0.1) is 21.4 Å². The third kappa shape index (κ3) is 3.35. The van der Waals surface area contributed by atoms with Crippen LogP contribution in [-0.4, -0.2) is 10.8 Å². The standard InChI is InChI=1S/C14H8ClN3O3/c15-12-6-5-11(7-13(12)18(20)21)17-14(19)10-3-1-9(8-16)2-4-10/h1-7H,(H,17,19). The summed E-state index contributed by atoms with van der Waals surface area (Å²) in [7, 11) is 0. The topological polar surface area (TPSA) is 96.0 Å². The molecule has 6 nitrogen and oxygen atoms in total. The number of nitro groups is 1. The molecule has 0 radical (unpaired) electrons. The number of halogens is 1. The van der Waals surface area contributed by atoms with Crippen LogP contribution in [0.15, 0.2) is 42.5 Å². The number of nitriles is 1. The molecule has 0 aliphatic carbocycles. The van der Waals surface area contributed by atoms with E-state index in [4.69, 9.17) is 16.9 Å². The molecule has 0 saturated heterocycles. The van der Waals surface area contributed by atoms with E-state index < -0.39 is 10.8 Å². The lowest BCUT2D eigenvalue weighted by Crippen LogP contribution is -2.11. The highest BCUT2D eigenvalue weighted by atomic mass is 35.5. The summed E-state index contributed by atoms with van der Waals surface area (Å²) in [5.74, 6) is -0.434. The summed E-state index contributed by atoms with van der Waals surface area (Å²) in [6.45, 7) is 0. The van der Waals surface area contributed by atoms with Gasteiger partial charge in [0.2, 0.25) is 0 Å². The normalized spacial score (nSPS) is 9.71. The monoisotopic (exact) mass is 301 g/mol. The Bertz CT molecular complexity index is 751. The summed E-state index contributed by atoms with van der Waals surface area (Å²) in [5.41, 5.74) is 0.759. The number of nitro benzene ring substituents is 1. The van der Waals surface area contributed by atoms with Gasteiger partial charge in [-0.15, -0.1) is 0 Å². The molecule has 0 atom stereocenters. The molecule has 0 aromatic heterocycles. The molecular weight excluding hydrogens is 294 g/mol. The minimum absolute atomic E-state index is 0.00336. The predicted octanol–water partition coefficient (Wildman–Crippen LogP) is 3.37. The Labute approximate surface area is 124 Å². The SMILES string of the molecule is N#Cc1ccc(C(=O)Nc2ccc(Cl)c([N+](=O)[O-])c2)cc1. The third-order valence-electron chi connectivity index (χ3n) is 2.68. The van der Waals surface area contributed by atoms with Crippen LogP contribution in [0.25, 0.3) is 0 Å². The number of hydrogen-bond acceptors (Lipinski definition) is 4. The molecule has 0 fully saturated rings. The Kier molecular flexibility index (Phi) is 4.16. The second kappa shape index (κ2) is 6.03. The van der Waals surface area contributed by atoms with E-state index in [-0.39, 0.29) is 16.4 Å². The van der Waals surface area contributed by atoms with Crippen LogP contribution in [0.1, 0.15) is 15.9 Å². The van der Waals surface area contributed by atoms with Crippen molar-refractivity contribution in [2.24, 2.45) is 0 Å². The van der Waals surface area contributed by atoms with Crippen molar-refractivity contribution in [1.29, 1.82) is 5.26 Å². The number of hydrogen-bond donors (Lipinski definition) is 1. The van der Waals surface area contributed by atoms with E-state index in [1.54, 1.807) is 0 Å². The van der Waals surface area contributed by atoms with Gasteiger partial charge in [0.15, 0.2) is 0 Å². The zero-order chi connectivity index (χ0) is 15.4. The van der Waals surface area contributed by atoms with Crippen molar-refractivity contribution < 1.29 is 9.72 Å². The number of nitrogens with one attached hydrogen (secondary N) is 1. The first kappa shape index (κ1) is 14.5. The molecule has 2 aromatic rings. The van der Waals surface area contributed by atoms with E-state index in [9.17, 15) is 14.9 Å². The van der Waals surface area contributed by atoms with Gasteiger partial charge < -0.3 is 5.32 Å². The lowest BCUT2D eigenvalue weighted by Gasteiger charge is -2.05. The Hall–Kier alpha value is -2.91. The number of benzene rings is 2. The number of rotatable bonds is 3. The highest BCUT2D eigenvalue weighted by Gasteiger charge is 2.14. The molecule has 0 aliphatic heterocycles. The maximum absolute atomic E-state index is 12.0. The van der Waals surface area contributed by atoms with E-state index in [0.29, 0.717) is 11.1 Å². The van der Waals surface area contributed by atoms with E-state index in [0.717, 1.165) is 0 Å². The Morgan fingerprint density at radius 1 is 1.24 bits per heavy atom. The van der Waals surface area contributed by atoms with E-state index in [1.165, 1.54) is 42.5 Å². The van der Waals surface area contributed by atoms with Crippen LogP contribution in [0.4, 0.5) is 11.4 Å². The molecule has 0 unspecified atom stereocenters. The summed E-state index contributed by atoms with van der Waals surface area (Å²) < 4.78 is 0. The lowest BCUT2D eigenvalue weighted by atomic mass is 10.1. The largest absolute Gasteiger partial charge is 0.322 e. The Balaban J connectivity index is 2.21. The molecule has 0 saturated carbocycles. The summed E-state index contributed by atoms with van der Waals surface area (Å²) in [5, 5.41) is 22.0. The number of amides is 1. The smallest absolute Gasteiger partial charge is 0.289 e. The predicted molar refractivity (Wildman–Crippen MR) is 77.2 cm³/mol. The average molecular weight is 302 g/mol. The van der Waals surface area contributed by atoms with Gasteiger partial charge in [-0.2, -0.15) is 5.26 Å². The third-order valence-corrected chi connectivity index (χ3v) is 3.00. The van der Waals surface area contributed by atoms with Crippen LogP contribution in [0.2, 0.25) is 5.02 Å². The van der Waals surface area contributed by atoms with Crippen LogP contribution in [-0.2, 0) is 0 Å². The minimum Gasteiger partial charge on any atom is -0.322 e. The first-order valence-electron chi connectivity index (χ1n) is 5.76. The second-order valence-electron chi connectivity index (χ2n) is 4.07. The van der Waals surface area contributed by atoms with Crippen molar-refractivity contribution in [1.82, 2.24) is 0 Å². The van der Waals surface area contributed by atoms with Gasteiger partial charge in [0.25, 0.3) is 11.6 Å². The zero-order valence-electron chi connectivity index (χ0n) is 10.5. The maximum atomic E-state index is 12.0. The molecule has 2 aromatic carbocycles. The Morgan fingerprint density at radius 3 is 2.48 bits per heavy atom. The number of anilines is 1. The molecule has 104 valence electrons. The first-order valence-corrected chi connectivity index (χ1v) is 6.14. The quantitative estimate of drug-likeness (QED) is 0.694. The second-order valence-corrected chi connectivity index (χ2v) is 4.47. The molecular formula is C14H8ClN3O3. The average Bonchev–Trinajstić information content (AvgIpc) is 2.49. The summed E-state index contributed by atoms with van der Waals surface area (Å²) in [4.78, 5) is 22.1. The van der Waals surface area contributed by atoms with Crippen LogP contribution < -0.4 is 5.32 Å². The number of carbonyl (C=O) groups is 1. The van der Waals surface area contributed by atoms with Crippen molar-refractivity contribution >= 4 is 28.9 Å². The van der Waals surface area contributed by atoms with Crippen LogP contribution >= 0.6 is 11.6 Å². The van der Waals surface area contributed by atoms with Crippen LogP contribution in [0.5, 0.6) is 0 Å². The van der Waals surface area contributed by atoms with Crippen molar-refractivity contribution in [3.63, 3.8) is 0 Å². The van der Waals surface area contributed by atoms with Gasteiger partial charge in [-0.3, -0.25) is 14.9 Å². The van der Waals surface area contributed by atoms with Gasteiger partial charge in [0.1, 0.15) is 5.02 Å². The van der Waals surface area contributed by atoms with Gasteiger partial charge >= 0.3 is 0 Å². The van der Waals surface area contributed by atoms with Gasteiger partial charge in [-0.25, -0.2) is 0 Å². The number of carbonyl (C=O) groups excluding carboxylic acids is 1. The molecule has 0 aliphatic rings. The van der Waals surface area contributed by atoms with Gasteiger partial charge in [-0.1, -0.05) is 11.6 Å².